The number of fused-ring (bicyclic) bond motifs is 1. The molecule has 2 aromatic carbocycles. The number of amides is 3. The van der Waals surface area contributed by atoms with Crippen LogP contribution >= 0.6 is 0 Å². The lowest BCUT2D eigenvalue weighted by Gasteiger charge is -2.49. The average molecular weight is 632 g/mol. The number of benzene rings is 2. The smallest absolute Gasteiger partial charge is 0.408 e. The number of likely N-dealkylation sites (tertiary alicyclic amines) is 1. The molecule has 3 atom stereocenters. The van der Waals surface area contributed by atoms with Gasteiger partial charge in [-0.25, -0.2) is 9.59 Å². The van der Waals surface area contributed by atoms with Crippen molar-refractivity contribution in [3.8, 4) is 0 Å². The Labute approximate surface area is 264 Å². The van der Waals surface area contributed by atoms with E-state index in [1.165, 1.54) is 0 Å². The highest BCUT2D eigenvalue weighted by atomic mass is 32.2. The van der Waals surface area contributed by atoms with Crippen LogP contribution in [-0.2, 0) is 34.7 Å². The highest BCUT2D eigenvalue weighted by Gasteiger charge is 2.58. The lowest BCUT2D eigenvalue weighted by molar-refractivity contribution is -0.153. The molecule has 1 saturated carbocycles. The zero-order valence-electron chi connectivity index (χ0n) is 25.6. The van der Waals surface area contributed by atoms with Gasteiger partial charge in [0.2, 0.25) is 5.91 Å². The number of ether oxygens (including phenoxy) is 2. The maximum atomic E-state index is 14.2. The summed E-state index contributed by atoms with van der Waals surface area (Å²) < 4.78 is 25.1. The molecule has 236 valence electrons. The fourth-order valence-corrected chi connectivity index (χ4v) is 7.51. The monoisotopic (exact) mass is 631 g/mol. The number of carbonyl (C=O) groups is 4. The van der Waals surface area contributed by atoms with Crippen LogP contribution in [0.4, 0.5) is 4.79 Å². The number of esters is 1. The van der Waals surface area contributed by atoms with E-state index in [0.29, 0.717) is 36.6 Å². The molecule has 0 aromatic heterocycles. The van der Waals surface area contributed by atoms with Crippen LogP contribution < -0.4 is 5.32 Å². The molecule has 1 N–H and O–H groups in total. The minimum atomic E-state index is -1.69. The molecule has 0 bridgehead atoms. The van der Waals surface area contributed by atoms with Crippen LogP contribution in [0.5, 0.6) is 0 Å². The molecule has 11 heteroatoms. The molecule has 3 heterocycles. The lowest BCUT2D eigenvalue weighted by atomic mass is 10.00. The van der Waals surface area contributed by atoms with E-state index in [1.807, 2.05) is 65.6 Å². The van der Waals surface area contributed by atoms with E-state index in [1.54, 1.807) is 26.8 Å². The van der Waals surface area contributed by atoms with Crippen LogP contribution in [-0.4, -0.2) is 73.7 Å². The Morgan fingerprint density at radius 3 is 2.22 bits per heavy atom. The molecule has 2 saturated heterocycles. The maximum Gasteiger partial charge on any atom is 0.408 e. The quantitative estimate of drug-likeness (QED) is 0.266. The van der Waals surface area contributed by atoms with Gasteiger partial charge in [0, 0.05) is 18.7 Å². The summed E-state index contributed by atoms with van der Waals surface area (Å²) in [6.45, 7) is 6.37. The molecule has 3 aliphatic heterocycles. The molecule has 10 nitrogen and oxygen atoms in total. The Hall–Kier alpha value is -4.25. The van der Waals surface area contributed by atoms with Gasteiger partial charge in [0.05, 0.1) is 16.6 Å². The molecule has 0 spiro atoms. The van der Waals surface area contributed by atoms with Gasteiger partial charge in [-0.2, -0.15) is 0 Å². The second-order valence-corrected chi connectivity index (χ2v) is 14.4. The standard InChI is InChI=1S/C34H37N3O7S/c1-34(2,3)44-33(41)35-26-30(39)37-27(32(40)43-28(22-10-6-4-7-11-22)23-12-8-5-9-13-23)25(20-45(42)31(26)37)18-24-16-17-36(29(24)38)19-21-14-15-21/h4-13,18,21,26,28,31H,14-17,19-20H2,1-3H3,(H,35,41)/b24-18+/t26-,31-,45?/m1/s1. The third-order valence-electron chi connectivity index (χ3n) is 8.19. The first kappa shape index (κ1) is 30.8. The van der Waals surface area contributed by atoms with Crippen molar-refractivity contribution in [3.05, 3.63) is 94.7 Å². The van der Waals surface area contributed by atoms with Crippen molar-refractivity contribution in [2.45, 2.75) is 63.2 Å². The van der Waals surface area contributed by atoms with Crippen molar-refractivity contribution in [1.82, 2.24) is 15.1 Å². The summed E-state index contributed by atoms with van der Waals surface area (Å²) in [5.41, 5.74) is 1.40. The molecule has 1 unspecified atom stereocenters. The molecule has 4 aliphatic rings. The van der Waals surface area contributed by atoms with Crippen LogP contribution in [0.2, 0.25) is 0 Å². The first-order valence-electron chi connectivity index (χ1n) is 15.2. The van der Waals surface area contributed by atoms with Gasteiger partial charge in [-0.1, -0.05) is 60.7 Å². The van der Waals surface area contributed by atoms with Gasteiger partial charge in [0.15, 0.2) is 6.10 Å². The number of β-lactam (4-membered cyclic amide) rings is 1. The van der Waals surface area contributed by atoms with Crippen molar-refractivity contribution in [2.75, 3.05) is 18.8 Å². The number of nitrogens with zero attached hydrogens (tertiary/aromatic N) is 2. The van der Waals surface area contributed by atoms with Gasteiger partial charge in [-0.05, 0) is 68.7 Å². The highest BCUT2D eigenvalue weighted by Crippen LogP contribution is 2.39. The van der Waals surface area contributed by atoms with Crippen LogP contribution in [0.3, 0.4) is 0 Å². The Kier molecular flexibility index (Phi) is 8.39. The first-order chi connectivity index (χ1) is 21.5. The molecule has 45 heavy (non-hydrogen) atoms. The summed E-state index contributed by atoms with van der Waals surface area (Å²) in [7, 11) is -1.69. The molecule has 3 fully saturated rings. The maximum absolute atomic E-state index is 14.2. The van der Waals surface area contributed by atoms with Gasteiger partial charge in [-0.15, -0.1) is 0 Å². The second-order valence-electron chi connectivity index (χ2n) is 12.8. The first-order valence-corrected chi connectivity index (χ1v) is 16.6. The van der Waals surface area contributed by atoms with Gasteiger partial charge in [-0.3, -0.25) is 18.7 Å². The summed E-state index contributed by atoms with van der Waals surface area (Å²) in [5, 5.41) is 1.54. The van der Waals surface area contributed by atoms with Crippen LogP contribution in [0.1, 0.15) is 57.3 Å². The van der Waals surface area contributed by atoms with Crippen molar-refractivity contribution in [2.24, 2.45) is 5.92 Å². The average Bonchev–Trinajstić information content (AvgIpc) is 3.77. The predicted molar refractivity (Wildman–Crippen MR) is 167 cm³/mol. The Morgan fingerprint density at radius 1 is 1.02 bits per heavy atom. The normalized spacial score (nSPS) is 24.1. The number of hydrogen-bond acceptors (Lipinski definition) is 7. The van der Waals surface area contributed by atoms with Gasteiger partial charge < -0.3 is 19.7 Å². The summed E-state index contributed by atoms with van der Waals surface area (Å²) >= 11 is 0. The van der Waals surface area contributed by atoms with E-state index in [0.717, 1.165) is 28.9 Å². The zero-order chi connectivity index (χ0) is 31.9. The summed E-state index contributed by atoms with van der Waals surface area (Å²) in [6, 6.07) is 17.4. The molecule has 0 radical (unpaired) electrons. The van der Waals surface area contributed by atoms with Gasteiger partial charge >= 0.3 is 12.1 Å². The molecular weight excluding hydrogens is 594 g/mol. The third kappa shape index (κ3) is 6.58. The molecule has 3 amide bonds. The lowest BCUT2D eigenvalue weighted by Crippen LogP contribution is -2.73. The van der Waals surface area contributed by atoms with Crippen LogP contribution in [0.25, 0.3) is 0 Å². The van der Waals surface area contributed by atoms with Crippen LogP contribution in [0.15, 0.2) is 83.6 Å². The van der Waals surface area contributed by atoms with E-state index in [-0.39, 0.29) is 17.4 Å². The minimum Gasteiger partial charge on any atom is -0.448 e. The number of allylic oxidation sites excluding steroid dienone is 1. The topological polar surface area (TPSA) is 122 Å². The number of alkyl carbamates (subject to hydrolysis) is 1. The van der Waals surface area contributed by atoms with Gasteiger partial charge in [0.1, 0.15) is 22.7 Å². The molecule has 6 rings (SSSR count). The van der Waals surface area contributed by atoms with E-state index < -0.39 is 51.9 Å². The van der Waals surface area contributed by atoms with Crippen molar-refractivity contribution >= 4 is 34.7 Å². The molecule has 1 aliphatic carbocycles. The fraction of sp³-hybridized carbons (Fsp3) is 0.412. The number of hydrogen-bond donors (Lipinski definition) is 1. The van der Waals surface area contributed by atoms with E-state index in [2.05, 4.69) is 5.32 Å². The van der Waals surface area contributed by atoms with Crippen molar-refractivity contribution in [1.29, 1.82) is 0 Å². The zero-order valence-corrected chi connectivity index (χ0v) is 26.4. The van der Waals surface area contributed by atoms with Crippen molar-refractivity contribution in [3.63, 3.8) is 0 Å². The van der Waals surface area contributed by atoms with E-state index in [4.69, 9.17) is 9.47 Å². The van der Waals surface area contributed by atoms with E-state index >= 15 is 0 Å². The Morgan fingerprint density at radius 2 is 1.64 bits per heavy atom. The SMILES string of the molecule is CC(C)(C)OC(=O)N[C@@H]1C(=O)N2C(C(=O)OC(c3ccccc3)c3ccccc3)=C(/C=C3\CCN(CC4CC4)C3=O)CS(=O)[C@H]12. The van der Waals surface area contributed by atoms with E-state index in [9.17, 15) is 23.4 Å². The summed E-state index contributed by atoms with van der Waals surface area (Å²) in [4.78, 5) is 56.6. The number of carbonyl (C=O) groups excluding carboxylic acids is 4. The summed E-state index contributed by atoms with van der Waals surface area (Å²) in [5.74, 6) is -1.06. The van der Waals surface area contributed by atoms with Crippen molar-refractivity contribution < 1.29 is 32.9 Å². The van der Waals surface area contributed by atoms with Gasteiger partial charge in [0.25, 0.3) is 5.91 Å². The second kappa shape index (κ2) is 12.3. The fourth-order valence-electron chi connectivity index (χ4n) is 5.88. The third-order valence-corrected chi connectivity index (χ3v) is 9.80. The Balaban J connectivity index is 1.35. The highest BCUT2D eigenvalue weighted by molar-refractivity contribution is 7.86. The number of nitrogens with one attached hydrogen (secondary N) is 1. The largest absolute Gasteiger partial charge is 0.448 e. The minimum absolute atomic E-state index is 0.0651. The van der Waals surface area contributed by atoms with Crippen LogP contribution in [0, 0.1) is 5.92 Å². The number of rotatable bonds is 8. The molecule has 2 aromatic rings. The molecular formula is C34H37N3O7S. The summed E-state index contributed by atoms with van der Waals surface area (Å²) in [6.07, 6.45) is 2.72. The Bertz CT molecular complexity index is 1550. The predicted octanol–water partition coefficient (Wildman–Crippen LogP) is 3.97.